The third-order valence-electron chi connectivity index (χ3n) is 5.42. The van der Waals surface area contributed by atoms with E-state index >= 15 is 0 Å². The van der Waals surface area contributed by atoms with Crippen LogP contribution < -0.4 is 10.9 Å². The minimum absolute atomic E-state index is 0.0614. The lowest BCUT2D eigenvalue weighted by Crippen LogP contribution is -2.28. The van der Waals surface area contributed by atoms with Crippen LogP contribution in [0.5, 0.6) is 0 Å². The predicted octanol–water partition coefficient (Wildman–Crippen LogP) is 4.43. The van der Waals surface area contributed by atoms with E-state index in [9.17, 15) is 14.0 Å². The van der Waals surface area contributed by atoms with Gasteiger partial charge in [-0.2, -0.15) is 0 Å². The van der Waals surface area contributed by atoms with Crippen molar-refractivity contribution in [2.45, 2.75) is 32.4 Å². The first-order valence-corrected chi connectivity index (χ1v) is 11.3. The normalized spacial score (nSPS) is 14.1. The fourth-order valence-electron chi connectivity index (χ4n) is 3.92. The van der Waals surface area contributed by atoms with Crippen molar-refractivity contribution in [2.24, 2.45) is 0 Å². The van der Waals surface area contributed by atoms with Crippen molar-refractivity contribution in [1.29, 1.82) is 0 Å². The molecule has 4 aromatic rings. The molecule has 1 aliphatic heterocycles. The summed E-state index contributed by atoms with van der Waals surface area (Å²) in [5.41, 5.74) is 1.40. The lowest BCUT2D eigenvalue weighted by atomic mass is 10.0. The molecule has 1 aliphatic rings. The molecule has 0 spiro atoms. The summed E-state index contributed by atoms with van der Waals surface area (Å²) in [7, 11) is 0. The van der Waals surface area contributed by atoms with E-state index in [0.29, 0.717) is 27.2 Å². The van der Waals surface area contributed by atoms with E-state index in [4.69, 9.17) is 0 Å². The number of amides is 1. The highest BCUT2D eigenvalue weighted by atomic mass is 32.1. The van der Waals surface area contributed by atoms with Crippen LogP contribution in [0, 0.1) is 12.7 Å². The van der Waals surface area contributed by atoms with Crippen molar-refractivity contribution in [3.63, 3.8) is 0 Å². The van der Waals surface area contributed by atoms with Crippen LogP contribution in [-0.2, 0) is 13.0 Å². The summed E-state index contributed by atoms with van der Waals surface area (Å²) in [4.78, 5) is 32.8. The molecule has 1 aromatic carbocycles. The number of nitrogens with one attached hydrogen (secondary N) is 1. The van der Waals surface area contributed by atoms with Crippen LogP contribution in [0.15, 0.2) is 46.6 Å². The van der Waals surface area contributed by atoms with E-state index in [-0.39, 0.29) is 17.3 Å². The number of aromatic nitrogens is 2. The smallest absolute Gasteiger partial charge is 0.262 e. The number of thiophene rings is 2. The number of halogens is 1. The number of rotatable bonds is 4. The highest BCUT2D eigenvalue weighted by Crippen LogP contribution is 2.31. The van der Waals surface area contributed by atoms with Gasteiger partial charge in [0.25, 0.3) is 11.5 Å². The zero-order valence-electron chi connectivity index (χ0n) is 16.1. The topological polar surface area (TPSA) is 64.0 Å². The lowest BCUT2D eigenvalue weighted by Gasteiger charge is -2.18. The van der Waals surface area contributed by atoms with Gasteiger partial charge in [-0.1, -0.05) is 18.2 Å². The van der Waals surface area contributed by atoms with Crippen LogP contribution in [0.3, 0.4) is 0 Å². The van der Waals surface area contributed by atoms with E-state index < -0.39 is 6.04 Å². The Morgan fingerprint density at radius 3 is 2.80 bits per heavy atom. The molecule has 0 aliphatic carbocycles. The summed E-state index contributed by atoms with van der Waals surface area (Å²) in [6.45, 7) is 2.48. The first kappa shape index (κ1) is 19.1. The van der Waals surface area contributed by atoms with Gasteiger partial charge in [0.1, 0.15) is 16.5 Å². The molecule has 152 valence electrons. The predicted molar refractivity (Wildman–Crippen MR) is 117 cm³/mol. The number of carbonyl (C=O) groups excluding carboxylic acids is 1. The van der Waals surface area contributed by atoms with Gasteiger partial charge in [-0.15, -0.1) is 22.7 Å². The monoisotopic (exact) mass is 439 g/mol. The molecule has 1 unspecified atom stereocenters. The van der Waals surface area contributed by atoms with Crippen molar-refractivity contribution in [3.05, 3.63) is 84.7 Å². The largest absolute Gasteiger partial charge is 0.340 e. The molecule has 1 amide bonds. The zero-order valence-corrected chi connectivity index (χ0v) is 17.8. The van der Waals surface area contributed by atoms with Crippen LogP contribution in [0.4, 0.5) is 4.39 Å². The number of aryl methyl sites for hydroxylation is 2. The highest BCUT2D eigenvalue weighted by Gasteiger charge is 2.25. The van der Waals surface area contributed by atoms with Crippen LogP contribution in [0.25, 0.3) is 10.2 Å². The summed E-state index contributed by atoms with van der Waals surface area (Å²) in [6, 6.07) is 9.58. The molecule has 0 radical (unpaired) electrons. The van der Waals surface area contributed by atoms with Crippen LogP contribution in [0.2, 0.25) is 0 Å². The Hall–Kier alpha value is -2.84. The number of nitrogens with zero attached hydrogens (tertiary/aromatic N) is 2. The van der Waals surface area contributed by atoms with Crippen molar-refractivity contribution < 1.29 is 9.18 Å². The van der Waals surface area contributed by atoms with Crippen molar-refractivity contribution in [1.82, 2.24) is 14.9 Å². The maximum Gasteiger partial charge on any atom is 0.262 e. The average molecular weight is 440 g/mol. The average Bonchev–Trinajstić information content (AvgIpc) is 3.47. The highest BCUT2D eigenvalue weighted by molar-refractivity contribution is 7.20. The summed E-state index contributed by atoms with van der Waals surface area (Å²) in [6.07, 6.45) is 1.71. The molecule has 8 heteroatoms. The molecule has 30 heavy (non-hydrogen) atoms. The fourth-order valence-corrected chi connectivity index (χ4v) is 5.81. The van der Waals surface area contributed by atoms with E-state index in [0.717, 1.165) is 29.1 Å². The number of fused-ring (bicyclic) bond motifs is 2. The number of benzene rings is 1. The van der Waals surface area contributed by atoms with Gasteiger partial charge >= 0.3 is 0 Å². The van der Waals surface area contributed by atoms with Gasteiger partial charge in [-0.3, -0.25) is 14.2 Å². The van der Waals surface area contributed by atoms with Crippen molar-refractivity contribution in [2.75, 3.05) is 0 Å². The Morgan fingerprint density at radius 1 is 1.27 bits per heavy atom. The Morgan fingerprint density at radius 2 is 2.07 bits per heavy atom. The van der Waals surface area contributed by atoms with Gasteiger partial charge in [0.2, 0.25) is 0 Å². The first-order chi connectivity index (χ1) is 14.5. The van der Waals surface area contributed by atoms with E-state index in [2.05, 4.69) is 10.3 Å². The standard InChI is InChI=1S/C22H18FN3O2S2/c1-12-17-21(24-16-5-2-10-26(16)22(17)28)30-19(12)20(27)25-18(15-4-3-11-29-15)13-6-8-14(23)9-7-13/h3-4,6-9,11,18H,2,5,10H2,1H3,(H,25,27). The number of carbonyl (C=O) groups is 1. The Labute approximate surface area is 179 Å². The van der Waals surface area contributed by atoms with E-state index in [1.165, 1.54) is 34.8 Å². The van der Waals surface area contributed by atoms with Gasteiger partial charge in [0.05, 0.1) is 16.3 Å². The van der Waals surface area contributed by atoms with Crippen molar-refractivity contribution in [3.8, 4) is 0 Å². The molecule has 4 heterocycles. The van der Waals surface area contributed by atoms with E-state index in [1.807, 2.05) is 17.5 Å². The Kier molecular flexibility index (Phi) is 4.75. The maximum absolute atomic E-state index is 13.4. The van der Waals surface area contributed by atoms with Crippen LogP contribution in [-0.4, -0.2) is 15.5 Å². The molecule has 0 saturated heterocycles. The molecule has 0 fully saturated rings. The van der Waals surface area contributed by atoms with Gasteiger partial charge in [-0.05, 0) is 48.1 Å². The summed E-state index contributed by atoms with van der Waals surface area (Å²) >= 11 is 2.78. The second kappa shape index (κ2) is 7.45. The molecule has 5 nitrogen and oxygen atoms in total. The quantitative estimate of drug-likeness (QED) is 0.512. The SMILES string of the molecule is Cc1c(C(=O)NC(c2ccc(F)cc2)c2cccs2)sc2nc3n(c(=O)c12)CCC3. The maximum atomic E-state index is 13.4. The number of hydrogen-bond acceptors (Lipinski definition) is 5. The molecule has 5 rings (SSSR count). The molecular formula is C22H18FN3O2S2. The summed E-state index contributed by atoms with van der Waals surface area (Å²) in [5.74, 6) is 0.209. The fraction of sp³-hybridized carbons (Fsp3) is 0.227. The molecule has 1 atom stereocenters. The molecule has 3 aromatic heterocycles. The van der Waals surface area contributed by atoms with Crippen molar-refractivity contribution >= 4 is 38.8 Å². The second-order valence-corrected chi connectivity index (χ2v) is 9.28. The Bertz CT molecular complexity index is 1310. The molecule has 0 saturated carbocycles. The lowest BCUT2D eigenvalue weighted by molar-refractivity contribution is 0.0947. The van der Waals surface area contributed by atoms with Gasteiger partial charge < -0.3 is 5.32 Å². The third kappa shape index (κ3) is 3.16. The minimum Gasteiger partial charge on any atom is -0.340 e. The van der Waals surface area contributed by atoms with Gasteiger partial charge in [-0.25, -0.2) is 9.37 Å². The van der Waals surface area contributed by atoms with Crippen LogP contribution >= 0.6 is 22.7 Å². The summed E-state index contributed by atoms with van der Waals surface area (Å²) < 4.78 is 15.1. The Balaban J connectivity index is 1.54. The minimum atomic E-state index is -0.401. The van der Waals surface area contributed by atoms with Gasteiger partial charge in [0.15, 0.2) is 0 Å². The molecular weight excluding hydrogens is 421 g/mol. The summed E-state index contributed by atoms with van der Waals surface area (Å²) in [5, 5.41) is 5.54. The molecule has 1 N–H and O–H groups in total. The van der Waals surface area contributed by atoms with E-state index in [1.54, 1.807) is 23.6 Å². The molecule has 0 bridgehead atoms. The third-order valence-corrected chi connectivity index (χ3v) is 7.55. The zero-order chi connectivity index (χ0) is 20.8. The van der Waals surface area contributed by atoms with Gasteiger partial charge in [0, 0.05) is 17.8 Å². The number of hydrogen-bond donors (Lipinski definition) is 1. The van der Waals surface area contributed by atoms with Crippen LogP contribution in [0.1, 0.15) is 44.0 Å². The first-order valence-electron chi connectivity index (χ1n) is 9.65. The second-order valence-electron chi connectivity index (χ2n) is 7.30.